The minimum Gasteiger partial charge on any atom is -0.290 e. The summed E-state index contributed by atoms with van der Waals surface area (Å²) in [5, 5.41) is 1.90. The number of hydrogen-bond acceptors (Lipinski definition) is 4. The van der Waals surface area contributed by atoms with Crippen molar-refractivity contribution in [3.05, 3.63) is 70.4 Å². The van der Waals surface area contributed by atoms with E-state index in [0.717, 1.165) is 48.3 Å². The van der Waals surface area contributed by atoms with Gasteiger partial charge in [0.2, 0.25) is 5.91 Å². The molecule has 0 radical (unpaired) electrons. The summed E-state index contributed by atoms with van der Waals surface area (Å²) in [4.78, 5) is 15.4. The Hall–Kier alpha value is -2.19. The van der Waals surface area contributed by atoms with Gasteiger partial charge in [-0.05, 0) is 48.6 Å². The minimum atomic E-state index is -3.67. The van der Waals surface area contributed by atoms with E-state index in [0.29, 0.717) is 18.7 Å². The molecule has 0 spiro atoms. The van der Waals surface area contributed by atoms with Crippen LogP contribution in [0.2, 0.25) is 5.02 Å². The van der Waals surface area contributed by atoms with Gasteiger partial charge in [-0.3, -0.25) is 18.8 Å². The van der Waals surface area contributed by atoms with Crippen molar-refractivity contribution in [2.75, 3.05) is 12.8 Å². The molecule has 1 atom stereocenters. The van der Waals surface area contributed by atoms with Crippen LogP contribution in [0.4, 0.5) is 0 Å². The van der Waals surface area contributed by atoms with Crippen LogP contribution in [0, 0.1) is 0 Å². The third-order valence-corrected chi connectivity index (χ3v) is 6.06. The van der Waals surface area contributed by atoms with Crippen molar-refractivity contribution in [3.8, 4) is 0 Å². The topological polar surface area (TPSA) is 79.6 Å². The van der Waals surface area contributed by atoms with Gasteiger partial charge in [-0.2, -0.15) is 8.42 Å². The van der Waals surface area contributed by atoms with E-state index in [2.05, 4.69) is 35.2 Å². The molecule has 1 aromatic heterocycles. The normalized spacial score (nSPS) is 18.8. The van der Waals surface area contributed by atoms with Crippen LogP contribution in [0.5, 0.6) is 0 Å². The maximum absolute atomic E-state index is 12.9. The molecule has 0 saturated heterocycles. The molecule has 1 N–H and O–H groups in total. The molecule has 0 aliphatic carbocycles. The molecule has 6 nitrogen and oxygen atoms in total. The Kier molecular flexibility index (Phi) is 6.21. The standard InChI is InChI=1S/C22H21ClN2O.CH4O3S/c23-16-9-10-19-18(13-16)17-11-12-24(14-15-5-2-1-3-6-15)20-7-4-8-21(26)25(19)22(17)20;1-5(2,3)4/h1-3,5-6,9-10,13,20H,4,7-8,11-12,14H2;1H3,(H,2,3,4). The number of benzene rings is 2. The lowest BCUT2D eigenvalue weighted by molar-refractivity contribution is 0.0906. The van der Waals surface area contributed by atoms with Crippen molar-refractivity contribution in [2.45, 2.75) is 38.3 Å². The molecular formula is C23H25ClN2O4S. The zero-order valence-corrected chi connectivity index (χ0v) is 18.9. The average Bonchev–Trinajstić information content (AvgIpc) is 2.91. The van der Waals surface area contributed by atoms with E-state index in [1.807, 2.05) is 22.8 Å². The van der Waals surface area contributed by atoms with E-state index in [1.54, 1.807) is 0 Å². The Morgan fingerprint density at radius 2 is 1.84 bits per heavy atom. The van der Waals surface area contributed by atoms with Crippen molar-refractivity contribution < 1.29 is 17.8 Å². The van der Waals surface area contributed by atoms with Gasteiger partial charge in [0.05, 0.1) is 17.8 Å². The molecular weight excluding hydrogens is 436 g/mol. The molecule has 0 bridgehead atoms. The van der Waals surface area contributed by atoms with E-state index < -0.39 is 10.1 Å². The Morgan fingerprint density at radius 3 is 2.55 bits per heavy atom. The van der Waals surface area contributed by atoms with Crippen molar-refractivity contribution in [1.29, 1.82) is 0 Å². The summed E-state index contributed by atoms with van der Waals surface area (Å²) < 4.78 is 27.9. The Balaban J connectivity index is 0.000000418. The maximum atomic E-state index is 12.9. The molecule has 3 aromatic rings. The second kappa shape index (κ2) is 8.74. The minimum absolute atomic E-state index is 0.225. The number of halogens is 1. The molecule has 0 amide bonds. The van der Waals surface area contributed by atoms with Gasteiger partial charge in [-0.15, -0.1) is 0 Å². The van der Waals surface area contributed by atoms with Crippen molar-refractivity contribution >= 4 is 38.5 Å². The van der Waals surface area contributed by atoms with Crippen LogP contribution in [0.1, 0.15) is 46.9 Å². The molecule has 5 rings (SSSR count). The average molecular weight is 461 g/mol. The largest absolute Gasteiger partial charge is 0.290 e. The van der Waals surface area contributed by atoms with Crippen molar-refractivity contribution in [2.24, 2.45) is 0 Å². The molecule has 2 aliphatic rings. The molecule has 0 fully saturated rings. The first-order valence-electron chi connectivity index (χ1n) is 10.3. The highest BCUT2D eigenvalue weighted by molar-refractivity contribution is 7.85. The monoisotopic (exact) mass is 460 g/mol. The number of carbonyl (C=O) groups excluding carboxylic acids is 1. The van der Waals surface area contributed by atoms with E-state index >= 15 is 0 Å². The first-order valence-corrected chi connectivity index (χ1v) is 12.5. The summed E-state index contributed by atoms with van der Waals surface area (Å²) in [7, 11) is -3.67. The van der Waals surface area contributed by atoms with Gasteiger partial charge in [0.1, 0.15) is 0 Å². The van der Waals surface area contributed by atoms with Gasteiger partial charge in [0.15, 0.2) is 0 Å². The third kappa shape index (κ3) is 4.85. The summed E-state index contributed by atoms with van der Waals surface area (Å²) in [5.74, 6) is 0.225. The fourth-order valence-electron chi connectivity index (χ4n) is 4.70. The summed E-state index contributed by atoms with van der Waals surface area (Å²) in [6.45, 7) is 1.95. The first kappa shape index (κ1) is 22.0. The van der Waals surface area contributed by atoms with E-state index in [4.69, 9.17) is 16.2 Å². The molecule has 0 saturated carbocycles. The highest BCUT2D eigenvalue weighted by atomic mass is 35.5. The highest BCUT2D eigenvalue weighted by Gasteiger charge is 2.36. The SMILES string of the molecule is CS(=O)(=O)O.O=C1CCCC2c3c(c4cc(Cl)ccc4n31)CCN2Cc1ccccc1. The van der Waals surface area contributed by atoms with Crippen LogP contribution in [0.25, 0.3) is 10.9 Å². The Labute approximate surface area is 187 Å². The van der Waals surface area contributed by atoms with Gasteiger partial charge in [0, 0.05) is 35.6 Å². The fourth-order valence-corrected chi connectivity index (χ4v) is 4.87. The van der Waals surface area contributed by atoms with E-state index in [9.17, 15) is 13.2 Å². The molecule has 2 aliphatic heterocycles. The van der Waals surface area contributed by atoms with Crippen LogP contribution in [0.15, 0.2) is 48.5 Å². The first-order chi connectivity index (χ1) is 14.7. The van der Waals surface area contributed by atoms with Crippen LogP contribution < -0.4 is 0 Å². The van der Waals surface area contributed by atoms with Gasteiger partial charge in [-0.1, -0.05) is 41.9 Å². The lowest BCUT2D eigenvalue weighted by Crippen LogP contribution is -2.35. The Bertz CT molecular complexity index is 1210. The predicted octanol–water partition coefficient (Wildman–Crippen LogP) is 4.72. The number of aromatic nitrogens is 1. The fraction of sp³-hybridized carbons (Fsp3) is 0.348. The van der Waals surface area contributed by atoms with Crippen LogP contribution in [-0.2, 0) is 23.1 Å². The summed E-state index contributed by atoms with van der Waals surface area (Å²) in [5.41, 5.74) is 4.90. The van der Waals surface area contributed by atoms with Crippen molar-refractivity contribution in [3.63, 3.8) is 0 Å². The Morgan fingerprint density at radius 1 is 1.13 bits per heavy atom. The molecule has 8 heteroatoms. The number of rotatable bonds is 2. The second-order valence-corrected chi connectivity index (χ2v) is 10.0. The zero-order chi connectivity index (χ0) is 22.2. The highest BCUT2D eigenvalue weighted by Crippen LogP contribution is 2.42. The van der Waals surface area contributed by atoms with Gasteiger partial charge in [0.25, 0.3) is 10.1 Å². The van der Waals surface area contributed by atoms with Gasteiger partial charge >= 0.3 is 0 Å². The quantitative estimate of drug-likeness (QED) is 0.559. The second-order valence-electron chi connectivity index (χ2n) is 8.10. The molecule has 31 heavy (non-hydrogen) atoms. The lowest BCUT2D eigenvalue weighted by Gasteiger charge is -2.36. The third-order valence-electron chi connectivity index (χ3n) is 5.83. The molecule has 3 heterocycles. The van der Waals surface area contributed by atoms with Gasteiger partial charge < -0.3 is 0 Å². The lowest BCUT2D eigenvalue weighted by atomic mass is 9.94. The number of fused-ring (bicyclic) bond motifs is 3. The number of hydrogen-bond donors (Lipinski definition) is 1. The summed E-state index contributed by atoms with van der Waals surface area (Å²) >= 11 is 6.27. The molecule has 164 valence electrons. The van der Waals surface area contributed by atoms with E-state index in [-0.39, 0.29) is 5.91 Å². The van der Waals surface area contributed by atoms with Crippen LogP contribution in [0.3, 0.4) is 0 Å². The van der Waals surface area contributed by atoms with Gasteiger partial charge in [-0.25, -0.2) is 0 Å². The number of nitrogens with zero attached hydrogens (tertiary/aromatic N) is 2. The molecule has 1 unspecified atom stereocenters. The van der Waals surface area contributed by atoms with E-state index in [1.165, 1.54) is 16.8 Å². The maximum Gasteiger partial charge on any atom is 0.261 e. The molecule has 2 aromatic carbocycles. The van der Waals surface area contributed by atoms with Crippen LogP contribution in [-0.4, -0.2) is 41.1 Å². The smallest absolute Gasteiger partial charge is 0.261 e. The number of carbonyl (C=O) groups is 1. The van der Waals surface area contributed by atoms with Crippen LogP contribution >= 0.6 is 11.6 Å². The summed E-state index contributed by atoms with van der Waals surface area (Å²) in [6, 6.07) is 16.9. The predicted molar refractivity (Wildman–Crippen MR) is 122 cm³/mol. The zero-order valence-electron chi connectivity index (χ0n) is 17.3. The summed E-state index contributed by atoms with van der Waals surface area (Å²) in [6.07, 6.45) is 4.29. The van der Waals surface area contributed by atoms with Crippen molar-refractivity contribution in [1.82, 2.24) is 9.47 Å².